The highest BCUT2D eigenvalue weighted by Crippen LogP contribution is 2.35. The Balaban J connectivity index is 1.82. The van der Waals surface area contributed by atoms with Gasteiger partial charge in [0, 0.05) is 26.2 Å². The van der Waals surface area contributed by atoms with Crippen molar-refractivity contribution in [2.45, 2.75) is 19.1 Å². The third-order valence-corrected chi connectivity index (χ3v) is 4.55. The van der Waals surface area contributed by atoms with E-state index in [1.807, 2.05) is 35.2 Å². The Bertz CT molecular complexity index is 691. The summed E-state index contributed by atoms with van der Waals surface area (Å²) in [6.07, 6.45) is -2.47. The molecule has 1 N–H and O–H groups in total. The Morgan fingerprint density at radius 1 is 1.04 bits per heavy atom. The quantitative estimate of drug-likeness (QED) is 0.818. The van der Waals surface area contributed by atoms with E-state index in [0.29, 0.717) is 36.8 Å². The summed E-state index contributed by atoms with van der Waals surface area (Å²) in [5.41, 5.74) is 1.55. The predicted molar refractivity (Wildman–Crippen MR) is 97.0 cm³/mol. The summed E-state index contributed by atoms with van der Waals surface area (Å²) in [6, 6.07) is 13.9. The molecule has 6 heteroatoms. The molecule has 26 heavy (non-hydrogen) atoms. The molecule has 0 aliphatic carbocycles. The van der Waals surface area contributed by atoms with Gasteiger partial charge in [0.2, 0.25) is 0 Å². The van der Waals surface area contributed by atoms with Gasteiger partial charge in [-0.3, -0.25) is 4.90 Å². The first-order valence-electron chi connectivity index (χ1n) is 8.76. The van der Waals surface area contributed by atoms with Crippen LogP contribution in [-0.4, -0.2) is 44.6 Å². The maximum Gasteiger partial charge on any atom is 0.258 e. The van der Waals surface area contributed by atoms with Crippen LogP contribution in [0.2, 0.25) is 0 Å². The molecule has 0 bridgehead atoms. The van der Waals surface area contributed by atoms with Crippen molar-refractivity contribution in [1.82, 2.24) is 10.2 Å². The van der Waals surface area contributed by atoms with E-state index in [1.165, 1.54) is 0 Å². The Morgan fingerprint density at radius 2 is 1.77 bits per heavy atom. The maximum absolute atomic E-state index is 13.8. The van der Waals surface area contributed by atoms with E-state index in [9.17, 15) is 8.78 Å². The van der Waals surface area contributed by atoms with E-state index in [1.54, 1.807) is 25.3 Å². The van der Waals surface area contributed by atoms with Crippen molar-refractivity contribution in [2.75, 3.05) is 33.3 Å². The molecule has 1 fully saturated rings. The van der Waals surface area contributed by atoms with E-state index < -0.39 is 12.5 Å². The SMILES string of the molecule is COc1ccc([C@@H](C(F)F)N2CCNCC2)cc1OCc1ccccc1. The number of ether oxygens (including phenoxy) is 2. The number of methoxy groups -OCH3 is 1. The van der Waals surface area contributed by atoms with Crippen LogP contribution in [0.25, 0.3) is 0 Å². The van der Waals surface area contributed by atoms with Gasteiger partial charge in [-0.25, -0.2) is 8.78 Å². The third-order valence-electron chi connectivity index (χ3n) is 4.55. The number of benzene rings is 2. The van der Waals surface area contributed by atoms with Gasteiger partial charge in [-0.2, -0.15) is 0 Å². The Hall–Kier alpha value is -2.18. The number of rotatable bonds is 7. The second-order valence-electron chi connectivity index (χ2n) is 6.25. The monoisotopic (exact) mass is 362 g/mol. The first-order valence-corrected chi connectivity index (χ1v) is 8.76. The molecule has 3 rings (SSSR count). The zero-order chi connectivity index (χ0) is 18.4. The van der Waals surface area contributed by atoms with Gasteiger partial charge in [-0.15, -0.1) is 0 Å². The van der Waals surface area contributed by atoms with Crippen LogP contribution < -0.4 is 14.8 Å². The van der Waals surface area contributed by atoms with Gasteiger partial charge in [-0.1, -0.05) is 36.4 Å². The first kappa shape index (κ1) is 18.6. The number of alkyl halides is 2. The number of hydrogen-bond acceptors (Lipinski definition) is 4. The van der Waals surface area contributed by atoms with Crippen molar-refractivity contribution in [3.63, 3.8) is 0 Å². The van der Waals surface area contributed by atoms with E-state index in [2.05, 4.69) is 5.32 Å². The molecule has 4 nitrogen and oxygen atoms in total. The van der Waals surface area contributed by atoms with E-state index in [-0.39, 0.29) is 0 Å². The largest absolute Gasteiger partial charge is 0.493 e. The highest BCUT2D eigenvalue weighted by atomic mass is 19.3. The lowest BCUT2D eigenvalue weighted by atomic mass is 10.0. The van der Waals surface area contributed by atoms with Crippen molar-refractivity contribution in [1.29, 1.82) is 0 Å². The van der Waals surface area contributed by atoms with E-state index in [4.69, 9.17) is 9.47 Å². The Morgan fingerprint density at radius 3 is 2.42 bits per heavy atom. The molecule has 1 atom stereocenters. The van der Waals surface area contributed by atoms with Gasteiger partial charge in [0.05, 0.1) is 13.2 Å². The first-order chi connectivity index (χ1) is 12.7. The van der Waals surface area contributed by atoms with Crippen LogP contribution in [-0.2, 0) is 6.61 Å². The number of nitrogens with one attached hydrogen (secondary N) is 1. The minimum atomic E-state index is -2.47. The fraction of sp³-hybridized carbons (Fsp3) is 0.400. The molecule has 1 aliphatic heterocycles. The summed E-state index contributed by atoms with van der Waals surface area (Å²) >= 11 is 0. The Kier molecular flexibility index (Phi) is 6.41. The standard InChI is InChI=1S/C20H24F2N2O2/c1-25-17-8-7-16(19(20(21)22)24-11-9-23-10-12-24)13-18(17)26-14-15-5-3-2-4-6-15/h2-8,13,19-20,23H,9-12,14H2,1H3/t19-/m0/s1. The lowest BCUT2D eigenvalue weighted by Crippen LogP contribution is -2.46. The zero-order valence-corrected chi connectivity index (χ0v) is 14.8. The molecule has 2 aromatic carbocycles. The highest BCUT2D eigenvalue weighted by Gasteiger charge is 2.30. The molecule has 1 aliphatic rings. The summed E-state index contributed by atoms with van der Waals surface area (Å²) in [5.74, 6) is 1.02. The average molecular weight is 362 g/mol. The van der Waals surface area contributed by atoms with Crippen molar-refractivity contribution < 1.29 is 18.3 Å². The van der Waals surface area contributed by atoms with Crippen molar-refractivity contribution >= 4 is 0 Å². The van der Waals surface area contributed by atoms with Crippen molar-refractivity contribution in [2.24, 2.45) is 0 Å². The second kappa shape index (κ2) is 8.96. The van der Waals surface area contributed by atoms with E-state index >= 15 is 0 Å². The fourth-order valence-electron chi connectivity index (χ4n) is 3.20. The number of halogens is 2. The summed E-state index contributed by atoms with van der Waals surface area (Å²) < 4.78 is 38.8. The molecule has 0 spiro atoms. The van der Waals surface area contributed by atoms with Crippen molar-refractivity contribution in [3.05, 3.63) is 59.7 Å². The van der Waals surface area contributed by atoms with Gasteiger partial charge in [-0.05, 0) is 23.3 Å². The molecule has 140 valence electrons. The summed E-state index contributed by atoms with van der Waals surface area (Å²) in [6.45, 7) is 2.99. The van der Waals surface area contributed by atoms with Crippen LogP contribution in [0.3, 0.4) is 0 Å². The molecular weight excluding hydrogens is 338 g/mol. The number of hydrogen-bond donors (Lipinski definition) is 1. The molecule has 1 saturated heterocycles. The minimum absolute atomic E-state index is 0.355. The van der Waals surface area contributed by atoms with Crippen LogP contribution in [0.1, 0.15) is 17.2 Å². The fourth-order valence-corrected chi connectivity index (χ4v) is 3.20. The normalized spacial score (nSPS) is 16.5. The lowest BCUT2D eigenvalue weighted by molar-refractivity contribution is 0.0180. The number of piperazine rings is 1. The van der Waals surface area contributed by atoms with Crippen LogP contribution in [0.4, 0.5) is 8.78 Å². The molecule has 0 aromatic heterocycles. The molecule has 0 saturated carbocycles. The van der Waals surface area contributed by atoms with Crippen LogP contribution in [0, 0.1) is 0 Å². The number of nitrogens with zero attached hydrogens (tertiary/aromatic N) is 1. The zero-order valence-electron chi connectivity index (χ0n) is 14.8. The summed E-state index contributed by atoms with van der Waals surface area (Å²) in [5, 5.41) is 3.20. The smallest absolute Gasteiger partial charge is 0.258 e. The molecule has 0 amide bonds. The average Bonchev–Trinajstić information content (AvgIpc) is 2.68. The van der Waals surface area contributed by atoms with Gasteiger partial charge >= 0.3 is 0 Å². The molecule has 2 aromatic rings. The highest BCUT2D eigenvalue weighted by molar-refractivity contribution is 5.44. The third kappa shape index (κ3) is 4.51. The minimum Gasteiger partial charge on any atom is -0.493 e. The second-order valence-corrected chi connectivity index (χ2v) is 6.25. The van der Waals surface area contributed by atoms with Gasteiger partial charge < -0.3 is 14.8 Å². The topological polar surface area (TPSA) is 33.7 Å². The predicted octanol–water partition coefficient (Wildman–Crippen LogP) is 3.49. The van der Waals surface area contributed by atoms with Crippen LogP contribution >= 0.6 is 0 Å². The van der Waals surface area contributed by atoms with Gasteiger partial charge in [0.25, 0.3) is 6.43 Å². The lowest BCUT2D eigenvalue weighted by Gasteiger charge is -2.34. The van der Waals surface area contributed by atoms with Crippen molar-refractivity contribution in [3.8, 4) is 11.5 Å². The van der Waals surface area contributed by atoms with E-state index in [0.717, 1.165) is 18.7 Å². The Labute approximate surface area is 152 Å². The van der Waals surface area contributed by atoms with Crippen LogP contribution in [0.15, 0.2) is 48.5 Å². The summed E-state index contributed by atoms with van der Waals surface area (Å²) in [7, 11) is 1.55. The molecule has 0 radical (unpaired) electrons. The van der Waals surface area contributed by atoms with Crippen LogP contribution in [0.5, 0.6) is 11.5 Å². The molecule has 1 heterocycles. The molecule has 0 unspecified atom stereocenters. The van der Waals surface area contributed by atoms with Gasteiger partial charge in [0.1, 0.15) is 6.61 Å². The van der Waals surface area contributed by atoms with Gasteiger partial charge in [0.15, 0.2) is 11.5 Å². The summed E-state index contributed by atoms with van der Waals surface area (Å²) in [4.78, 5) is 1.82. The maximum atomic E-state index is 13.8. The molecular formula is C20H24F2N2O2.